The Morgan fingerprint density at radius 3 is 2.90 bits per heavy atom. The minimum absolute atomic E-state index is 0.0607. The molecule has 0 unspecified atom stereocenters. The molecule has 3 aromatic rings. The van der Waals surface area contributed by atoms with E-state index in [1.54, 1.807) is 0 Å². The molecule has 1 amide bonds. The van der Waals surface area contributed by atoms with Crippen LogP contribution in [0.25, 0.3) is 10.2 Å². The molecule has 0 fully saturated rings. The van der Waals surface area contributed by atoms with Crippen molar-refractivity contribution in [3.63, 3.8) is 0 Å². The average Bonchev–Trinajstić information content (AvgIpc) is 3.01. The molecule has 0 saturated carbocycles. The van der Waals surface area contributed by atoms with Gasteiger partial charge in [0, 0.05) is 6.54 Å². The molecule has 1 aromatic carbocycles. The molecule has 1 N–H and O–H groups in total. The number of fused-ring (bicyclic) bond motifs is 1. The molecule has 21 heavy (non-hydrogen) atoms. The number of carbonyl (C=O) groups is 1. The van der Waals surface area contributed by atoms with E-state index in [9.17, 15) is 4.79 Å². The molecule has 106 valence electrons. The summed E-state index contributed by atoms with van der Waals surface area (Å²) in [5, 5.41) is 5.56. The first kappa shape index (κ1) is 13.5. The number of rotatable bonds is 5. The SMILES string of the molecule is O=C(COc1ncnc2sccc12)NCc1ccccc1. The molecule has 2 aromatic heterocycles. The van der Waals surface area contributed by atoms with E-state index < -0.39 is 0 Å². The van der Waals surface area contributed by atoms with Crippen molar-refractivity contribution in [1.29, 1.82) is 0 Å². The average molecular weight is 299 g/mol. The van der Waals surface area contributed by atoms with Crippen LogP contribution >= 0.6 is 11.3 Å². The van der Waals surface area contributed by atoms with E-state index in [4.69, 9.17) is 4.74 Å². The number of benzene rings is 1. The van der Waals surface area contributed by atoms with Gasteiger partial charge in [0.15, 0.2) is 6.61 Å². The summed E-state index contributed by atoms with van der Waals surface area (Å²) < 4.78 is 5.47. The van der Waals surface area contributed by atoms with Gasteiger partial charge >= 0.3 is 0 Å². The predicted molar refractivity (Wildman–Crippen MR) is 81.2 cm³/mol. The maximum atomic E-state index is 11.8. The maximum absolute atomic E-state index is 11.8. The lowest BCUT2D eigenvalue weighted by atomic mass is 10.2. The van der Waals surface area contributed by atoms with E-state index in [0.717, 1.165) is 15.8 Å². The lowest BCUT2D eigenvalue weighted by Gasteiger charge is -2.07. The zero-order chi connectivity index (χ0) is 14.5. The predicted octanol–water partition coefficient (Wildman–Crippen LogP) is 2.39. The van der Waals surface area contributed by atoms with Gasteiger partial charge in [-0.25, -0.2) is 9.97 Å². The van der Waals surface area contributed by atoms with Crippen molar-refractivity contribution < 1.29 is 9.53 Å². The van der Waals surface area contributed by atoms with Gasteiger partial charge in [0.2, 0.25) is 5.88 Å². The van der Waals surface area contributed by atoms with E-state index in [1.165, 1.54) is 17.7 Å². The Kier molecular flexibility index (Phi) is 4.07. The molecule has 6 heteroatoms. The zero-order valence-electron chi connectivity index (χ0n) is 11.2. The number of nitrogens with zero attached hydrogens (tertiary/aromatic N) is 2. The van der Waals surface area contributed by atoms with E-state index in [1.807, 2.05) is 41.8 Å². The molecule has 2 heterocycles. The first-order chi connectivity index (χ1) is 10.3. The molecular formula is C15H13N3O2S. The topological polar surface area (TPSA) is 64.1 Å². The molecule has 0 spiro atoms. The van der Waals surface area contributed by atoms with Gasteiger partial charge in [0.25, 0.3) is 5.91 Å². The van der Waals surface area contributed by atoms with Crippen LogP contribution in [0.2, 0.25) is 0 Å². The monoisotopic (exact) mass is 299 g/mol. The normalized spacial score (nSPS) is 10.5. The van der Waals surface area contributed by atoms with Crippen LogP contribution in [0.1, 0.15) is 5.56 Å². The van der Waals surface area contributed by atoms with Crippen LogP contribution in [0.15, 0.2) is 48.1 Å². The van der Waals surface area contributed by atoms with Crippen LogP contribution in [-0.4, -0.2) is 22.5 Å². The van der Waals surface area contributed by atoms with Crippen molar-refractivity contribution in [3.05, 3.63) is 53.7 Å². The first-order valence-corrected chi connectivity index (χ1v) is 7.32. The minimum Gasteiger partial charge on any atom is -0.467 e. The number of amides is 1. The quantitative estimate of drug-likeness (QED) is 0.785. The van der Waals surface area contributed by atoms with Crippen molar-refractivity contribution in [2.24, 2.45) is 0 Å². The van der Waals surface area contributed by atoms with Crippen LogP contribution in [0.5, 0.6) is 5.88 Å². The van der Waals surface area contributed by atoms with Crippen LogP contribution < -0.4 is 10.1 Å². The van der Waals surface area contributed by atoms with Gasteiger partial charge in [-0.2, -0.15) is 0 Å². The third kappa shape index (κ3) is 3.35. The molecule has 0 aliphatic heterocycles. The smallest absolute Gasteiger partial charge is 0.258 e. The van der Waals surface area contributed by atoms with Crippen molar-refractivity contribution in [3.8, 4) is 5.88 Å². The van der Waals surface area contributed by atoms with Gasteiger partial charge in [-0.05, 0) is 17.0 Å². The molecule has 0 saturated heterocycles. The largest absolute Gasteiger partial charge is 0.467 e. The Hall–Kier alpha value is -2.47. The Morgan fingerprint density at radius 1 is 1.19 bits per heavy atom. The van der Waals surface area contributed by atoms with E-state index in [0.29, 0.717) is 12.4 Å². The van der Waals surface area contributed by atoms with Crippen LogP contribution in [0.3, 0.4) is 0 Å². The highest BCUT2D eigenvalue weighted by Gasteiger charge is 2.08. The maximum Gasteiger partial charge on any atom is 0.258 e. The van der Waals surface area contributed by atoms with Gasteiger partial charge in [-0.1, -0.05) is 30.3 Å². The summed E-state index contributed by atoms with van der Waals surface area (Å²) in [5.74, 6) is 0.261. The molecule has 0 radical (unpaired) electrons. The van der Waals surface area contributed by atoms with Crippen molar-refractivity contribution in [1.82, 2.24) is 15.3 Å². The van der Waals surface area contributed by atoms with Crippen LogP contribution in [0.4, 0.5) is 0 Å². The van der Waals surface area contributed by atoms with Crippen LogP contribution in [0, 0.1) is 0 Å². The standard InChI is InChI=1S/C15H13N3O2S/c19-13(16-8-11-4-2-1-3-5-11)9-20-14-12-6-7-21-15(12)18-10-17-14/h1-7,10H,8-9H2,(H,16,19). The van der Waals surface area contributed by atoms with E-state index in [-0.39, 0.29) is 12.5 Å². The highest BCUT2D eigenvalue weighted by atomic mass is 32.1. The Morgan fingerprint density at radius 2 is 2.05 bits per heavy atom. The number of carbonyl (C=O) groups excluding carboxylic acids is 1. The number of hydrogen-bond acceptors (Lipinski definition) is 5. The van der Waals surface area contributed by atoms with Crippen molar-refractivity contribution in [2.45, 2.75) is 6.54 Å². The fraction of sp³-hybridized carbons (Fsp3) is 0.133. The molecule has 3 rings (SSSR count). The number of hydrogen-bond donors (Lipinski definition) is 1. The van der Waals surface area contributed by atoms with Gasteiger partial charge in [0.05, 0.1) is 5.39 Å². The van der Waals surface area contributed by atoms with Gasteiger partial charge in [-0.15, -0.1) is 11.3 Å². The molecule has 0 atom stereocenters. The zero-order valence-corrected chi connectivity index (χ0v) is 12.0. The lowest BCUT2D eigenvalue weighted by Crippen LogP contribution is -2.28. The minimum atomic E-state index is -0.180. The summed E-state index contributed by atoms with van der Waals surface area (Å²) in [6, 6.07) is 11.6. The second-order valence-electron chi connectivity index (χ2n) is 4.37. The lowest BCUT2D eigenvalue weighted by molar-refractivity contribution is -0.123. The molecular weight excluding hydrogens is 286 g/mol. The second-order valence-corrected chi connectivity index (χ2v) is 5.26. The number of nitrogens with one attached hydrogen (secondary N) is 1. The highest BCUT2D eigenvalue weighted by molar-refractivity contribution is 7.16. The second kappa shape index (κ2) is 6.32. The number of aromatic nitrogens is 2. The fourth-order valence-corrected chi connectivity index (χ4v) is 2.59. The molecule has 5 nitrogen and oxygen atoms in total. The Bertz CT molecular complexity index is 743. The third-order valence-electron chi connectivity index (χ3n) is 2.90. The molecule has 0 aliphatic carbocycles. The molecule has 0 aliphatic rings. The van der Waals surface area contributed by atoms with Crippen molar-refractivity contribution in [2.75, 3.05) is 6.61 Å². The Labute approximate surface area is 125 Å². The summed E-state index contributed by atoms with van der Waals surface area (Å²) in [5.41, 5.74) is 1.05. The van der Waals surface area contributed by atoms with Crippen molar-refractivity contribution >= 4 is 27.5 Å². The summed E-state index contributed by atoms with van der Waals surface area (Å²) in [7, 11) is 0. The number of ether oxygens (including phenoxy) is 1. The van der Waals surface area contributed by atoms with Gasteiger partial charge in [-0.3, -0.25) is 4.79 Å². The van der Waals surface area contributed by atoms with E-state index >= 15 is 0 Å². The summed E-state index contributed by atoms with van der Waals surface area (Å²) in [6.07, 6.45) is 1.44. The molecule has 0 bridgehead atoms. The van der Waals surface area contributed by atoms with E-state index in [2.05, 4.69) is 15.3 Å². The van der Waals surface area contributed by atoms with Crippen LogP contribution in [-0.2, 0) is 11.3 Å². The summed E-state index contributed by atoms with van der Waals surface area (Å²) in [6.45, 7) is 0.426. The first-order valence-electron chi connectivity index (χ1n) is 6.44. The van der Waals surface area contributed by atoms with Gasteiger partial charge in [0.1, 0.15) is 11.2 Å². The summed E-state index contributed by atoms with van der Waals surface area (Å²) >= 11 is 1.51. The van der Waals surface area contributed by atoms with Gasteiger partial charge < -0.3 is 10.1 Å². The number of thiophene rings is 1. The fourth-order valence-electron chi connectivity index (χ4n) is 1.86. The highest BCUT2D eigenvalue weighted by Crippen LogP contribution is 2.25. The summed E-state index contributed by atoms with van der Waals surface area (Å²) in [4.78, 5) is 20.8. The Balaban J connectivity index is 1.55. The third-order valence-corrected chi connectivity index (χ3v) is 3.72.